The number of aromatic nitrogens is 3. The summed E-state index contributed by atoms with van der Waals surface area (Å²) in [5.41, 5.74) is 2.44. The number of H-pyrrole nitrogens is 1. The molecule has 4 aliphatic heterocycles. The third kappa shape index (κ3) is 12.7. The minimum absolute atomic E-state index is 0.0381. The lowest BCUT2D eigenvalue weighted by atomic mass is 9.95. The van der Waals surface area contributed by atoms with Gasteiger partial charge in [-0.05, 0) is 99.0 Å². The number of hydrogen-bond donors (Lipinski definition) is 8. The van der Waals surface area contributed by atoms with Crippen molar-refractivity contribution in [2.45, 2.75) is 93.8 Å². The molecule has 0 radical (unpaired) electrons. The molecule has 0 aliphatic carbocycles. The Hall–Kier alpha value is -7.50. The number of nitrogens with zero attached hydrogens (tertiary/aromatic N) is 6. The van der Waals surface area contributed by atoms with Crippen LogP contribution in [0.5, 0.6) is 0 Å². The Kier molecular flexibility index (Phi) is 16.7. The number of nitrogens with one attached hydrogen (secondary N) is 5. The number of carbonyl (C=O) groups excluding carboxylic acids is 7. The molecule has 412 valence electrons. The van der Waals surface area contributed by atoms with Gasteiger partial charge in [-0.2, -0.15) is 13.9 Å². The number of likely N-dealkylation sites (tertiary alicyclic amines) is 1. The zero-order chi connectivity index (χ0) is 55.3. The number of alkyl halides is 2. The first-order chi connectivity index (χ1) is 37.3. The molecule has 2 aromatic heterocycles. The number of amides is 8. The Labute approximate surface area is 447 Å². The molecule has 0 spiro atoms. The Morgan fingerprint density at radius 2 is 1.51 bits per heavy atom. The maximum atomic E-state index is 15.1. The predicted molar refractivity (Wildman–Crippen MR) is 279 cm³/mol. The maximum Gasteiger partial charge on any atom is 0.399 e. The number of rotatable bonds is 18. The van der Waals surface area contributed by atoms with Gasteiger partial charge in [0.2, 0.25) is 29.5 Å². The van der Waals surface area contributed by atoms with Crippen LogP contribution in [0, 0.1) is 5.92 Å². The summed E-state index contributed by atoms with van der Waals surface area (Å²) < 4.78 is 41.2. The highest BCUT2D eigenvalue weighted by Crippen LogP contribution is 2.59. The first-order valence-electron chi connectivity index (χ1n) is 25.9. The van der Waals surface area contributed by atoms with Crippen LogP contribution in [0.4, 0.5) is 19.4 Å². The van der Waals surface area contributed by atoms with Crippen molar-refractivity contribution in [1.82, 2.24) is 51.1 Å². The number of anilines is 1. The fourth-order valence-electron chi connectivity index (χ4n) is 10.8. The molecule has 0 unspecified atom stereocenters. The number of aromatic amines is 1. The van der Waals surface area contributed by atoms with Crippen molar-refractivity contribution in [3.05, 3.63) is 125 Å². The fourth-order valence-corrected chi connectivity index (χ4v) is 11.3. The van der Waals surface area contributed by atoms with Crippen molar-refractivity contribution >= 4 is 65.8 Å². The third-order valence-corrected chi connectivity index (χ3v) is 16.0. The summed E-state index contributed by atoms with van der Waals surface area (Å²) in [5.74, 6) is -3.04. The van der Waals surface area contributed by atoms with Crippen molar-refractivity contribution in [2.24, 2.45) is 11.7 Å². The van der Waals surface area contributed by atoms with Crippen LogP contribution < -0.4 is 31.9 Å². The Morgan fingerprint density at radius 3 is 2.15 bits per heavy atom. The molecule has 4 aliphatic rings. The first-order valence-corrected chi connectivity index (χ1v) is 27.5. The fraction of sp³-hybridized carbons (Fsp3) is 0.415. The van der Waals surface area contributed by atoms with Crippen molar-refractivity contribution in [3.63, 3.8) is 0 Å². The predicted octanol–water partition coefficient (Wildman–Crippen LogP) is 3.36. The zero-order valence-corrected chi connectivity index (χ0v) is 43.3. The highest BCUT2D eigenvalue weighted by atomic mass is 31.2. The standard InChI is InChI=1S/C53H61F2N12O10P/c54-53(55,78(75,76)77)36-11-14-39-35(27-36)28-41(57-39)49(71)59-42-31-65(29-32-19-23-64(24-20-32)30-37-12-18-45(63-62-37)66-26-22-46(69)60-52(66)74)25-21-38-13-16-43(67(38)51(42)73)50(72)58-40(15-17-44(56)68)48(70)61-47(33-7-3-1-4-8-33)34-9-5-2-6-10-34/h1-12,14,18,27-28,32,38,40,42-43,47,57H,13,15-17,19-26,29-31H2,(H2,56,68)(H,58,72)(H,59,71)(H,61,70)(H,60,69,74)(H2,75,76,77)/t38-,40+,42+,43+/m1/s1. The molecule has 78 heavy (non-hydrogen) atoms. The number of benzene rings is 3. The molecule has 9 rings (SSSR count). The number of halogens is 2. The number of urea groups is 1. The second-order valence-electron chi connectivity index (χ2n) is 20.3. The van der Waals surface area contributed by atoms with E-state index < -0.39 is 84.6 Å². The monoisotopic (exact) mass is 1090 g/mol. The zero-order valence-electron chi connectivity index (χ0n) is 42.4. The van der Waals surface area contributed by atoms with E-state index in [-0.39, 0.29) is 67.2 Å². The molecular weight excluding hydrogens is 1030 g/mol. The summed E-state index contributed by atoms with van der Waals surface area (Å²) in [6, 6.07) is 21.0. The largest absolute Gasteiger partial charge is 0.399 e. The topological polar surface area (TPSA) is 306 Å². The SMILES string of the molecule is NC(=O)CC[C@H](NC(=O)[C@@H]1CC[C@@H]2CCN(CC3CCN(Cc4ccc(N5CCC(=O)NC5=O)nn4)CC3)C[C@H](NC(=O)c3cc4cc(C(F)(F)P(=O)(O)O)ccc4[nH]3)C(=O)N21)C(=O)NC(c1ccccc1)c1ccccc1. The van der Waals surface area contributed by atoms with Crippen LogP contribution in [0.2, 0.25) is 0 Å². The van der Waals surface area contributed by atoms with E-state index in [1.165, 1.54) is 21.9 Å². The van der Waals surface area contributed by atoms with Gasteiger partial charge in [-0.1, -0.05) is 66.7 Å². The van der Waals surface area contributed by atoms with E-state index in [2.05, 4.69) is 46.2 Å². The summed E-state index contributed by atoms with van der Waals surface area (Å²) in [6.45, 7) is 3.28. The van der Waals surface area contributed by atoms with Gasteiger partial charge < -0.3 is 46.3 Å². The lowest BCUT2D eigenvalue weighted by Gasteiger charge is -2.40. The smallest absolute Gasteiger partial charge is 0.370 e. The third-order valence-electron chi connectivity index (χ3n) is 15.0. The molecule has 0 bridgehead atoms. The Bertz CT molecular complexity index is 3050. The van der Waals surface area contributed by atoms with Crippen molar-refractivity contribution in [1.29, 1.82) is 0 Å². The van der Waals surface area contributed by atoms with Crippen LogP contribution in [0.3, 0.4) is 0 Å². The average molecular weight is 1100 g/mol. The molecular formula is C53H61F2N12O10P. The molecule has 3 aromatic carbocycles. The molecule has 25 heteroatoms. The minimum atomic E-state index is -5.90. The molecule has 8 amide bonds. The van der Waals surface area contributed by atoms with E-state index in [1.54, 1.807) is 12.1 Å². The van der Waals surface area contributed by atoms with Crippen LogP contribution in [0.25, 0.3) is 10.9 Å². The normalized spacial score (nSPS) is 20.4. The minimum Gasteiger partial charge on any atom is -0.370 e. The second kappa shape index (κ2) is 23.6. The highest BCUT2D eigenvalue weighted by molar-refractivity contribution is 7.52. The van der Waals surface area contributed by atoms with Gasteiger partial charge in [-0.3, -0.25) is 48.4 Å². The lowest BCUT2D eigenvalue weighted by Crippen LogP contribution is -2.61. The number of fused-ring (bicyclic) bond motifs is 2. The van der Waals surface area contributed by atoms with E-state index in [0.29, 0.717) is 44.0 Å². The summed E-state index contributed by atoms with van der Waals surface area (Å²) in [6.07, 6.45) is 2.55. The van der Waals surface area contributed by atoms with Crippen molar-refractivity contribution in [2.75, 3.05) is 44.2 Å². The number of hydrogen-bond acceptors (Lipinski definition) is 12. The van der Waals surface area contributed by atoms with Crippen molar-refractivity contribution < 1.29 is 56.7 Å². The number of piperidine rings is 1. The summed E-state index contributed by atoms with van der Waals surface area (Å²) in [4.78, 5) is 123. The summed E-state index contributed by atoms with van der Waals surface area (Å²) in [7, 11) is -5.90. The average Bonchev–Trinajstić information content (AvgIpc) is 4.15. The number of primary amides is 1. The van der Waals surface area contributed by atoms with Crippen LogP contribution in [0.15, 0.2) is 97.1 Å². The summed E-state index contributed by atoms with van der Waals surface area (Å²) >= 11 is 0. The van der Waals surface area contributed by atoms with Crippen LogP contribution >= 0.6 is 7.60 Å². The lowest BCUT2D eigenvalue weighted by molar-refractivity contribution is -0.144. The molecule has 4 atom stereocenters. The highest BCUT2D eigenvalue weighted by Gasteiger charge is 2.51. The van der Waals surface area contributed by atoms with E-state index in [1.807, 2.05) is 60.7 Å². The van der Waals surface area contributed by atoms with Gasteiger partial charge in [0.25, 0.3) is 5.91 Å². The second-order valence-corrected chi connectivity index (χ2v) is 22.0. The van der Waals surface area contributed by atoms with Gasteiger partial charge in [-0.15, -0.1) is 5.10 Å². The van der Waals surface area contributed by atoms with Crippen LogP contribution in [0.1, 0.15) is 90.3 Å². The molecule has 22 nitrogen and oxygen atoms in total. The van der Waals surface area contributed by atoms with Gasteiger partial charge in [0.05, 0.1) is 11.7 Å². The van der Waals surface area contributed by atoms with Crippen LogP contribution in [-0.2, 0) is 40.7 Å². The van der Waals surface area contributed by atoms with Gasteiger partial charge in [0.15, 0.2) is 5.82 Å². The quantitative estimate of drug-likeness (QED) is 0.0584. The van der Waals surface area contributed by atoms with E-state index in [0.717, 1.165) is 49.2 Å². The maximum absolute atomic E-state index is 15.1. The number of imide groups is 1. The van der Waals surface area contributed by atoms with Gasteiger partial charge >= 0.3 is 19.3 Å². The molecule has 5 aromatic rings. The first kappa shape index (κ1) is 55.3. The Balaban J connectivity index is 0.911. The molecule has 0 saturated carbocycles. The van der Waals surface area contributed by atoms with Crippen LogP contribution in [-0.4, -0.2) is 145 Å². The van der Waals surface area contributed by atoms with Gasteiger partial charge in [-0.25, -0.2) is 4.79 Å². The number of carbonyl (C=O) groups is 7. The van der Waals surface area contributed by atoms with Gasteiger partial charge in [0.1, 0.15) is 23.8 Å². The molecule has 4 fully saturated rings. The van der Waals surface area contributed by atoms with E-state index >= 15 is 4.79 Å². The molecule has 4 saturated heterocycles. The number of nitrogens with two attached hydrogens (primary N) is 1. The Morgan fingerprint density at radius 1 is 0.821 bits per heavy atom. The molecule has 9 N–H and O–H groups in total. The van der Waals surface area contributed by atoms with E-state index in [9.17, 15) is 51.9 Å². The summed E-state index contributed by atoms with van der Waals surface area (Å²) in [5, 5.41) is 19.6. The van der Waals surface area contributed by atoms with Gasteiger partial charge in [0, 0.05) is 68.1 Å². The van der Waals surface area contributed by atoms with Crippen molar-refractivity contribution in [3.8, 4) is 0 Å². The molecule has 6 heterocycles. The van der Waals surface area contributed by atoms with E-state index in [4.69, 9.17) is 5.73 Å².